The minimum absolute atomic E-state index is 0.306. The third-order valence-electron chi connectivity index (χ3n) is 4.83. The summed E-state index contributed by atoms with van der Waals surface area (Å²) in [6.07, 6.45) is 5.91. The SMILES string of the molecule is CC1CCN(CC(=O)N2CCCCC2C)C(CN)C1. The van der Waals surface area contributed by atoms with Crippen LogP contribution in [0.1, 0.15) is 46.0 Å². The van der Waals surface area contributed by atoms with E-state index in [0.29, 0.717) is 31.1 Å². The molecule has 1 amide bonds. The topological polar surface area (TPSA) is 49.6 Å². The standard InChI is InChI=1S/C15H29N3O/c1-12-6-8-17(14(9-12)10-16)11-15(19)18-7-4-3-5-13(18)2/h12-14H,3-11,16H2,1-2H3. The first kappa shape index (κ1) is 14.8. The summed E-state index contributed by atoms with van der Waals surface area (Å²) in [5.74, 6) is 1.05. The predicted octanol–water partition coefficient (Wildman–Crippen LogP) is 1.45. The Morgan fingerprint density at radius 2 is 2.00 bits per heavy atom. The normalized spacial score (nSPS) is 33.4. The summed E-state index contributed by atoms with van der Waals surface area (Å²) < 4.78 is 0. The van der Waals surface area contributed by atoms with Gasteiger partial charge in [-0.3, -0.25) is 9.69 Å². The van der Waals surface area contributed by atoms with Crippen molar-refractivity contribution in [1.29, 1.82) is 0 Å². The van der Waals surface area contributed by atoms with E-state index in [1.807, 2.05) is 0 Å². The second-order valence-electron chi connectivity index (χ2n) is 6.42. The highest BCUT2D eigenvalue weighted by molar-refractivity contribution is 5.78. The molecule has 2 aliphatic heterocycles. The second-order valence-corrected chi connectivity index (χ2v) is 6.42. The monoisotopic (exact) mass is 267 g/mol. The third kappa shape index (κ3) is 3.69. The van der Waals surface area contributed by atoms with Gasteiger partial charge < -0.3 is 10.6 Å². The zero-order valence-corrected chi connectivity index (χ0v) is 12.5. The molecule has 2 N–H and O–H groups in total. The van der Waals surface area contributed by atoms with Crippen molar-refractivity contribution < 1.29 is 4.79 Å². The Bertz CT molecular complexity index is 308. The lowest BCUT2D eigenvalue weighted by Crippen LogP contribution is -2.52. The molecule has 4 heteroatoms. The van der Waals surface area contributed by atoms with Crippen LogP contribution in [0.4, 0.5) is 0 Å². The van der Waals surface area contributed by atoms with Gasteiger partial charge in [-0.1, -0.05) is 6.92 Å². The number of piperidine rings is 2. The molecule has 2 heterocycles. The summed E-state index contributed by atoms with van der Waals surface area (Å²) in [4.78, 5) is 16.9. The Kier molecular flexibility index (Phi) is 5.22. The number of hydrogen-bond acceptors (Lipinski definition) is 3. The van der Waals surface area contributed by atoms with Gasteiger partial charge in [0.1, 0.15) is 0 Å². The first-order chi connectivity index (χ1) is 9.11. The maximum absolute atomic E-state index is 12.5. The van der Waals surface area contributed by atoms with Crippen LogP contribution in [0.2, 0.25) is 0 Å². The van der Waals surface area contributed by atoms with Gasteiger partial charge >= 0.3 is 0 Å². The number of likely N-dealkylation sites (tertiary alicyclic amines) is 2. The zero-order valence-electron chi connectivity index (χ0n) is 12.5. The van der Waals surface area contributed by atoms with Gasteiger partial charge in [0.25, 0.3) is 0 Å². The molecule has 4 nitrogen and oxygen atoms in total. The van der Waals surface area contributed by atoms with Crippen LogP contribution in [0, 0.1) is 5.92 Å². The summed E-state index contributed by atoms with van der Waals surface area (Å²) in [6, 6.07) is 0.814. The Morgan fingerprint density at radius 3 is 2.68 bits per heavy atom. The number of nitrogens with zero attached hydrogens (tertiary/aromatic N) is 2. The van der Waals surface area contributed by atoms with Crippen LogP contribution in [0.5, 0.6) is 0 Å². The number of nitrogens with two attached hydrogens (primary N) is 1. The summed E-state index contributed by atoms with van der Waals surface area (Å²) in [5.41, 5.74) is 5.87. The zero-order chi connectivity index (χ0) is 13.8. The maximum atomic E-state index is 12.5. The van der Waals surface area contributed by atoms with E-state index in [1.165, 1.54) is 12.8 Å². The number of rotatable bonds is 3. The van der Waals surface area contributed by atoms with Crippen molar-refractivity contribution in [3.05, 3.63) is 0 Å². The maximum Gasteiger partial charge on any atom is 0.236 e. The summed E-state index contributed by atoms with van der Waals surface area (Å²) in [5, 5.41) is 0. The fourth-order valence-electron chi connectivity index (χ4n) is 3.49. The fraction of sp³-hybridized carbons (Fsp3) is 0.933. The van der Waals surface area contributed by atoms with Crippen LogP contribution in [0.25, 0.3) is 0 Å². The Hall–Kier alpha value is -0.610. The molecule has 0 bridgehead atoms. The number of hydrogen-bond donors (Lipinski definition) is 1. The van der Waals surface area contributed by atoms with Crippen molar-refractivity contribution in [3.8, 4) is 0 Å². The Morgan fingerprint density at radius 1 is 1.21 bits per heavy atom. The molecule has 110 valence electrons. The van der Waals surface area contributed by atoms with Gasteiger partial charge in [-0.05, 0) is 51.5 Å². The Balaban J connectivity index is 1.90. The molecular weight excluding hydrogens is 238 g/mol. The molecule has 0 aliphatic carbocycles. The van der Waals surface area contributed by atoms with E-state index >= 15 is 0 Å². The summed E-state index contributed by atoms with van der Waals surface area (Å²) in [6.45, 7) is 7.67. The molecule has 0 aromatic heterocycles. The van der Waals surface area contributed by atoms with Gasteiger partial charge in [0.2, 0.25) is 5.91 Å². The van der Waals surface area contributed by atoms with Gasteiger partial charge in [-0.15, -0.1) is 0 Å². The second kappa shape index (κ2) is 6.71. The van der Waals surface area contributed by atoms with Gasteiger partial charge in [0.15, 0.2) is 0 Å². The summed E-state index contributed by atoms with van der Waals surface area (Å²) in [7, 11) is 0. The van der Waals surface area contributed by atoms with Gasteiger partial charge in [-0.25, -0.2) is 0 Å². The number of carbonyl (C=O) groups excluding carboxylic acids is 1. The molecule has 0 radical (unpaired) electrons. The minimum Gasteiger partial charge on any atom is -0.339 e. The van der Waals surface area contributed by atoms with E-state index in [4.69, 9.17) is 5.73 Å². The van der Waals surface area contributed by atoms with Gasteiger partial charge in [0, 0.05) is 25.2 Å². The van der Waals surface area contributed by atoms with Crippen molar-refractivity contribution in [1.82, 2.24) is 9.80 Å². The van der Waals surface area contributed by atoms with Crippen LogP contribution in [-0.4, -0.2) is 54.0 Å². The molecule has 3 atom stereocenters. The highest BCUT2D eigenvalue weighted by atomic mass is 16.2. The molecule has 0 aromatic carbocycles. The van der Waals surface area contributed by atoms with Gasteiger partial charge in [0.05, 0.1) is 6.54 Å². The van der Waals surface area contributed by atoms with Crippen LogP contribution in [-0.2, 0) is 4.79 Å². The van der Waals surface area contributed by atoms with E-state index < -0.39 is 0 Å². The van der Waals surface area contributed by atoms with Crippen LogP contribution >= 0.6 is 0 Å². The number of amides is 1. The molecule has 2 saturated heterocycles. The molecule has 2 aliphatic rings. The minimum atomic E-state index is 0.306. The lowest BCUT2D eigenvalue weighted by atomic mass is 9.92. The van der Waals surface area contributed by atoms with E-state index in [2.05, 4.69) is 23.6 Å². The fourth-order valence-corrected chi connectivity index (χ4v) is 3.49. The smallest absolute Gasteiger partial charge is 0.236 e. The van der Waals surface area contributed by atoms with E-state index in [1.54, 1.807) is 0 Å². The highest BCUT2D eigenvalue weighted by Crippen LogP contribution is 2.23. The molecule has 2 fully saturated rings. The molecule has 3 unspecified atom stereocenters. The largest absolute Gasteiger partial charge is 0.339 e. The highest BCUT2D eigenvalue weighted by Gasteiger charge is 2.30. The van der Waals surface area contributed by atoms with Crippen LogP contribution in [0.3, 0.4) is 0 Å². The molecule has 2 rings (SSSR count). The van der Waals surface area contributed by atoms with Crippen LogP contribution < -0.4 is 5.73 Å². The number of carbonyl (C=O) groups is 1. The van der Waals surface area contributed by atoms with Crippen molar-refractivity contribution in [2.45, 2.75) is 58.0 Å². The third-order valence-corrected chi connectivity index (χ3v) is 4.83. The lowest BCUT2D eigenvalue weighted by molar-refractivity contribution is -0.136. The van der Waals surface area contributed by atoms with Crippen molar-refractivity contribution >= 4 is 5.91 Å². The van der Waals surface area contributed by atoms with Crippen molar-refractivity contribution in [3.63, 3.8) is 0 Å². The predicted molar refractivity (Wildman–Crippen MR) is 77.8 cm³/mol. The van der Waals surface area contributed by atoms with Crippen LogP contribution in [0.15, 0.2) is 0 Å². The first-order valence-electron chi connectivity index (χ1n) is 7.85. The van der Waals surface area contributed by atoms with E-state index in [9.17, 15) is 4.79 Å². The van der Waals surface area contributed by atoms with Crippen molar-refractivity contribution in [2.75, 3.05) is 26.2 Å². The molecule has 0 aromatic rings. The van der Waals surface area contributed by atoms with Crippen molar-refractivity contribution in [2.24, 2.45) is 11.7 Å². The Labute approximate surface area is 117 Å². The van der Waals surface area contributed by atoms with E-state index in [0.717, 1.165) is 38.3 Å². The quantitative estimate of drug-likeness (QED) is 0.842. The molecule has 19 heavy (non-hydrogen) atoms. The molecule has 0 spiro atoms. The van der Waals surface area contributed by atoms with E-state index in [-0.39, 0.29) is 0 Å². The molecule has 0 saturated carbocycles. The summed E-state index contributed by atoms with van der Waals surface area (Å²) >= 11 is 0. The lowest BCUT2D eigenvalue weighted by Gasteiger charge is -2.40. The molecular formula is C15H29N3O. The first-order valence-corrected chi connectivity index (χ1v) is 7.85. The van der Waals surface area contributed by atoms with Gasteiger partial charge in [-0.2, -0.15) is 0 Å². The average molecular weight is 267 g/mol. The average Bonchev–Trinajstić information content (AvgIpc) is 2.41.